The fourth-order valence-corrected chi connectivity index (χ4v) is 6.22. The SMILES string of the molecule is CCCCCCCCCCC[C@@H](O)[C@H](O)CC[C@H](O)[C@@H]1CC[C@@H](CCCCCCC[C@@H](O)CC2=C[C@H](C)OC2=O)O1. The maximum Gasteiger partial charge on any atom is 0.334 e. The number of aliphatic hydroxyl groups excluding tert-OH is 4. The normalized spacial score (nSPS) is 23.8. The van der Waals surface area contributed by atoms with Crippen molar-refractivity contribution in [2.24, 2.45) is 0 Å². The molecule has 4 N–H and O–H groups in total. The first-order valence-electron chi connectivity index (χ1n) is 17.1. The maximum atomic E-state index is 11.7. The summed E-state index contributed by atoms with van der Waals surface area (Å²) in [6.07, 6.45) is 20.9. The van der Waals surface area contributed by atoms with Gasteiger partial charge in [0.1, 0.15) is 6.10 Å². The van der Waals surface area contributed by atoms with Crippen LogP contribution in [0.4, 0.5) is 0 Å². The molecule has 240 valence electrons. The van der Waals surface area contributed by atoms with E-state index in [1.165, 1.54) is 44.9 Å². The van der Waals surface area contributed by atoms with Crippen LogP contribution in [0, 0.1) is 0 Å². The van der Waals surface area contributed by atoms with Crippen molar-refractivity contribution in [3.8, 4) is 0 Å². The van der Waals surface area contributed by atoms with Crippen LogP contribution in [-0.4, -0.2) is 69.1 Å². The number of esters is 1. The number of carbonyl (C=O) groups is 1. The average molecular weight is 583 g/mol. The third-order valence-electron chi connectivity index (χ3n) is 8.89. The third-order valence-corrected chi connectivity index (χ3v) is 8.89. The van der Waals surface area contributed by atoms with Crippen LogP contribution >= 0.6 is 0 Å². The number of hydrogen-bond donors (Lipinski definition) is 4. The Kier molecular flexibility index (Phi) is 19.1. The van der Waals surface area contributed by atoms with Crippen molar-refractivity contribution in [1.82, 2.24) is 0 Å². The zero-order valence-corrected chi connectivity index (χ0v) is 26.2. The van der Waals surface area contributed by atoms with E-state index >= 15 is 0 Å². The molecule has 0 unspecified atom stereocenters. The highest BCUT2D eigenvalue weighted by Crippen LogP contribution is 2.28. The van der Waals surface area contributed by atoms with Crippen LogP contribution in [-0.2, 0) is 14.3 Å². The summed E-state index contributed by atoms with van der Waals surface area (Å²) in [5.74, 6) is -0.295. The van der Waals surface area contributed by atoms with E-state index in [0.717, 1.165) is 64.2 Å². The molecule has 0 bridgehead atoms. The lowest BCUT2D eigenvalue weighted by Crippen LogP contribution is -2.31. The fourth-order valence-electron chi connectivity index (χ4n) is 6.22. The molecule has 0 radical (unpaired) electrons. The van der Waals surface area contributed by atoms with Gasteiger partial charge in [-0.05, 0) is 57.9 Å². The van der Waals surface area contributed by atoms with E-state index in [0.29, 0.717) is 37.7 Å². The first-order valence-corrected chi connectivity index (χ1v) is 17.1. The molecule has 2 rings (SSSR count). The molecule has 0 amide bonds. The van der Waals surface area contributed by atoms with Gasteiger partial charge in [0, 0.05) is 12.0 Å². The van der Waals surface area contributed by atoms with Gasteiger partial charge in [0.05, 0.1) is 36.6 Å². The molecular formula is C34H62O7. The Hall–Kier alpha value is -0.990. The van der Waals surface area contributed by atoms with Crippen molar-refractivity contribution in [3.63, 3.8) is 0 Å². The van der Waals surface area contributed by atoms with Crippen LogP contribution < -0.4 is 0 Å². The van der Waals surface area contributed by atoms with Crippen molar-refractivity contribution in [2.45, 2.75) is 198 Å². The van der Waals surface area contributed by atoms with Crippen molar-refractivity contribution >= 4 is 5.97 Å². The molecule has 0 spiro atoms. The van der Waals surface area contributed by atoms with E-state index in [1.807, 2.05) is 6.92 Å². The van der Waals surface area contributed by atoms with Gasteiger partial charge in [-0.1, -0.05) is 96.8 Å². The number of aliphatic hydroxyl groups is 4. The number of hydrogen-bond acceptors (Lipinski definition) is 7. The number of ether oxygens (including phenoxy) is 2. The number of unbranched alkanes of at least 4 members (excludes halogenated alkanes) is 12. The molecule has 1 saturated heterocycles. The van der Waals surface area contributed by atoms with Gasteiger partial charge < -0.3 is 29.9 Å². The van der Waals surface area contributed by atoms with E-state index in [1.54, 1.807) is 6.08 Å². The van der Waals surface area contributed by atoms with Gasteiger partial charge >= 0.3 is 5.97 Å². The second kappa shape index (κ2) is 21.7. The summed E-state index contributed by atoms with van der Waals surface area (Å²) in [5, 5.41) is 41.5. The highest BCUT2D eigenvalue weighted by atomic mass is 16.5. The molecule has 2 aliphatic heterocycles. The van der Waals surface area contributed by atoms with Crippen molar-refractivity contribution in [2.75, 3.05) is 0 Å². The third kappa shape index (κ3) is 15.9. The van der Waals surface area contributed by atoms with Crippen LogP contribution in [0.25, 0.3) is 0 Å². The highest BCUT2D eigenvalue weighted by molar-refractivity contribution is 5.90. The molecule has 7 heteroatoms. The lowest BCUT2D eigenvalue weighted by atomic mass is 9.97. The molecule has 0 aromatic rings. The van der Waals surface area contributed by atoms with Gasteiger partial charge in [0.25, 0.3) is 0 Å². The zero-order valence-electron chi connectivity index (χ0n) is 26.2. The van der Waals surface area contributed by atoms with Crippen molar-refractivity contribution < 1.29 is 34.7 Å². The molecule has 7 nitrogen and oxygen atoms in total. The number of carbonyl (C=O) groups excluding carboxylic acids is 1. The van der Waals surface area contributed by atoms with Crippen molar-refractivity contribution in [1.29, 1.82) is 0 Å². The minimum absolute atomic E-state index is 0.168. The summed E-state index contributed by atoms with van der Waals surface area (Å²) >= 11 is 0. The van der Waals surface area contributed by atoms with Gasteiger partial charge in [0.15, 0.2) is 0 Å². The van der Waals surface area contributed by atoms with Gasteiger partial charge in [-0.3, -0.25) is 0 Å². The Morgan fingerprint density at radius 2 is 1.34 bits per heavy atom. The van der Waals surface area contributed by atoms with E-state index < -0.39 is 24.4 Å². The summed E-state index contributed by atoms with van der Waals surface area (Å²) < 4.78 is 11.2. The molecule has 41 heavy (non-hydrogen) atoms. The van der Waals surface area contributed by atoms with Crippen LogP contribution in [0.15, 0.2) is 11.6 Å². The number of rotatable bonds is 25. The van der Waals surface area contributed by atoms with Gasteiger partial charge in [-0.2, -0.15) is 0 Å². The molecular weight excluding hydrogens is 520 g/mol. The van der Waals surface area contributed by atoms with Crippen LogP contribution in [0.5, 0.6) is 0 Å². The first kappa shape index (κ1) is 36.2. The number of cyclic esters (lactones) is 1. The largest absolute Gasteiger partial charge is 0.455 e. The average Bonchev–Trinajstić information content (AvgIpc) is 3.55. The highest BCUT2D eigenvalue weighted by Gasteiger charge is 2.31. The van der Waals surface area contributed by atoms with E-state index in [4.69, 9.17) is 9.47 Å². The zero-order chi connectivity index (χ0) is 29.9. The monoisotopic (exact) mass is 582 g/mol. The molecule has 0 aromatic heterocycles. The second-order valence-corrected chi connectivity index (χ2v) is 12.8. The Balaban J connectivity index is 1.43. The molecule has 7 atom stereocenters. The van der Waals surface area contributed by atoms with Gasteiger partial charge in [-0.15, -0.1) is 0 Å². The molecule has 0 aromatic carbocycles. The minimum atomic E-state index is -0.781. The lowest BCUT2D eigenvalue weighted by molar-refractivity contribution is -0.139. The van der Waals surface area contributed by atoms with Crippen LogP contribution in [0.3, 0.4) is 0 Å². The predicted octanol–water partition coefficient (Wildman–Crippen LogP) is 6.67. The van der Waals surface area contributed by atoms with Gasteiger partial charge in [0.2, 0.25) is 0 Å². The quantitative estimate of drug-likeness (QED) is 0.0701. The maximum absolute atomic E-state index is 11.7. The van der Waals surface area contributed by atoms with E-state index in [2.05, 4.69) is 6.92 Å². The second-order valence-electron chi connectivity index (χ2n) is 12.8. The smallest absolute Gasteiger partial charge is 0.334 e. The summed E-state index contributed by atoms with van der Waals surface area (Å²) in [6.45, 7) is 4.07. The summed E-state index contributed by atoms with van der Waals surface area (Å²) in [5.41, 5.74) is 0.600. The van der Waals surface area contributed by atoms with E-state index in [9.17, 15) is 25.2 Å². The topological polar surface area (TPSA) is 116 Å². The molecule has 0 saturated carbocycles. The van der Waals surface area contributed by atoms with Crippen molar-refractivity contribution in [3.05, 3.63) is 11.6 Å². The van der Waals surface area contributed by atoms with Gasteiger partial charge in [-0.25, -0.2) is 4.79 Å². The molecule has 2 aliphatic rings. The summed E-state index contributed by atoms with van der Waals surface area (Å²) in [6, 6.07) is 0. The standard InChI is InChI=1S/C34H62O7/c1-3-4-5-6-7-8-9-13-16-19-30(36)31(37)21-22-32(38)33-23-20-29(41-33)18-15-12-10-11-14-17-28(35)25-27-24-26(2)40-34(27)39/h24,26,28-33,35-38H,3-23,25H2,1-2H3/t26-,28+,29+,30+,31+,32-,33-/m0/s1. The summed E-state index contributed by atoms with van der Waals surface area (Å²) in [7, 11) is 0. The first-order chi connectivity index (χ1) is 19.8. The Labute approximate surface area is 250 Å². The Bertz CT molecular complexity index is 711. The van der Waals surface area contributed by atoms with Crippen LogP contribution in [0.1, 0.15) is 155 Å². The molecule has 1 fully saturated rings. The summed E-state index contributed by atoms with van der Waals surface area (Å²) in [4.78, 5) is 11.7. The minimum Gasteiger partial charge on any atom is -0.455 e. The fraction of sp³-hybridized carbons (Fsp3) is 0.912. The van der Waals surface area contributed by atoms with E-state index in [-0.39, 0.29) is 24.3 Å². The predicted molar refractivity (Wildman–Crippen MR) is 164 cm³/mol. The molecule has 2 heterocycles. The van der Waals surface area contributed by atoms with Crippen LogP contribution in [0.2, 0.25) is 0 Å². The Morgan fingerprint density at radius 3 is 1.98 bits per heavy atom. The molecule has 0 aliphatic carbocycles. The Morgan fingerprint density at radius 1 is 0.756 bits per heavy atom. The lowest BCUT2D eigenvalue weighted by Gasteiger charge is -2.22.